The Balaban J connectivity index is 1.96. The molecule has 0 spiro atoms. The van der Waals surface area contributed by atoms with E-state index in [0.717, 1.165) is 28.3 Å². The van der Waals surface area contributed by atoms with Crippen LogP contribution in [0.4, 0.5) is 0 Å². The molecule has 2 aromatic heterocycles. The number of hydrogen-bond acceptors (Lipinski definition) is 3. The summed E-state index contributed by atoms with van der Waals surface area (Å²) in [5, 5.41) is 13.9. The number of H-pyrrole nitrogens is 1. The van der Waals surface area contributed by atoms with Gasteiger partial charge < -0.3 is 0 Å². The van der Waals surface area contributed by atoms with E-state index in [0.29, 0.717) is 26.6 Å². The van der Waals surface area contributed by atoms with Crippen LogP contribution in [0.15, 0.2) is 42.5 Å². The van der Waals surface area contributed by atoms with Gasteiger partial charge in [-0.3, -0.25) is 5.10 Å². The molecule has 0 radical (unpaired) electrons. The average Bonchev–Trinajstić information content (AvgIpc) is 3.28. The first kappa shape index (κ1) is 20.0. The summed E-state index contributed by atoms with van der Waals surface area (Å²) in [7, 11) is 0. The van der Waals surface area contributed by atoms with Gasteiger partial charge in [0.05, 0.1) is 16.4 Å². The van der Waals surface area contributed by atoms with Gasteiger partial charge in [-0.25, -0.2) is 9.67 Å². The predicted octanol–water partition coefficient (Wildman–Crippen LogP) is 6.72. The second kappa shape index (κ2) is 7.82. The smallest absolute Gasteiger partial charge is 0.201 e. The van der Waals surface area contributed by atoms with E-state index in [4.69, 9.17) is 39.9 Å². The van der Waals surface area contributed by atoms with Crippen LogP contribution in [-0.4, -0.2) is 25.0 Å². The fraction of sp³-hybridized carbons (Fsp3) is 0.190. The summed E-state index contributed by atoms with van der Waals surface area (Å²) in [5.74, 6) is 1.59. The van der Waals surface area contributed by atoms with Crippen molar-refractivity contribution in [2.24, 2.45) is 0 Å². The highest BCUT2D eigenvalue weighted by atomic mass is 35.5. The summed E-state index contributed by atoms with van der Waals surface area (Å²) < 4.78 is 1.80. The number of aromatic nitrogens is 5. The molecule has 2 heterocycles. The summed E-state index contributed by atoms with van der Waals surface area (Å²) in [6.07, 6.45) is 0. The van der Waals surface area contributed by atoms with E-state index in [-0.39, 0.29) is 5.92 Å². The molecule has 0 fully saturated rings. The lowest BCUT2D eigenvalue weighted by Crippen LogP contribution is -2.00. The molecule has 0 unspecified atom stereocenters. The van der Waals surface area contributed by atoms with Crippen molar-refractivity contribution in [1.82, 2.24) is 25.0 Å². The fourth-order valence-electron chi connectivity index (χ4n) is 3.12. The number of nitrogens with one attached hydrogen (secondary N) is 1. The van der Waals surface area contributed by atoms with Crippen molar-refractivity contribution in [3.05, 3.63) is 68.9 Å². The molecule has 0 bridgehead atoms. The number of hydrogen-bond donors (Lipinski definition) is 1. The van der Waals surface area contributed by atoms with E-state index in [2.05, 4.69) is 29.0 Å². The second-order valence-electron chi connectivity index (χ2n) is 7.04. The quantitative estimate of drug-likeness (QED) is 0.378. The molecule has 8 heteroatoms. The lowest BCUT2D eigenvalue weighted by Gasteiger charge is -2.11. The Morgan fingerprint density at radius 2 is 1.66 bits per heavy atom. The van der Waals surface area contributed by atoms with Crippen molar-refractivity contribution < 1.29 is 0 Å². The number of rotatable bonds is 4. The van der Waals surface area contributed by atoms with Crippen molar-refractivity contribution in [3.63, 3.8) is 0 Å². The highest BCUT2D eigenvalue weighted by Gasteiger charge is 2.22. The summed E-state index contributed by atoms with van der Waals surface area (Å²) in [6, 6.07) is 12.9. The van der Waals surface area contributed by atoms with Crippen molar-refractivity contribution in [3.8, 4) is 28.5 Å². The van der Waals surface area contributed by atoms with Crippen LogP contribution in [0.3, 0.4) is 0 Å². The first-order chi connectivity index (χ1) is 13.8. The standard InChI is InChI=1S/C21H18Cl3N5/c1-11(2)20-25-21(27-26-20)18-12(3)19(13-4-6-14(22)7-5-13)29(28-18)17-9-8-15(23)10-16(17)24/h4-11H,1-3H3,(H,25,26,27). The number of nitrogens with zero attached hydrogens (tertiary/aromatic N) is 4. The molecule has 0 aliphatic carbocycles. The third kappa shape index (κ3) is 3.78. The molecule has 0 atom stereocenters. The van der Waals surface area contributed by atoms with Crippen molar-refractivity contribution in [1.29, 1.82) is 0 Å². The third-order valence-electron chi connectivity index (χ3n) is 4.64. The third-order valence-corrected chi connectivity index (χ3v) is 5.43. The van der Waals surface area contributed by atoms with E-state index in [9.17, 15) is 0 Å². The lowest BCUT2D eigenvalue weighted by atomic mass is 10.1. The largest absolute Gasteiger partial charge is 0.262 e. The van der Waals surface area contributed by atoms with Crippen LogP contribution in [0.5, 0.6) is 0 Å². The normalized spacial score (nSPS) is 11.4. The van der Waals surface area contributed by atoms with Crippen LogP contribution >= 0.6 is 34.8 Å². The van der Waals surface area contributed by atoms with Crippen molar-refractivity contribution in [2.45, 2.75) is 26.7 Å². The van der Waals surface area contributed by atoms with E-state index >= 15 is 0 Å². The van der Waals surface area contributed by atoms with Gasteiger partial charge in [0.25, 0.3) is 0 Å². The first-order valence-corrected chi connectivity index (χ1v) is 10.2. The fourth-order valence-corrected chi connectivity index (χ4v) is 3.74. The van der Waals surface area contributed by atoms with Crippen molar-refractivity contribution in [2.75, 3.05) is 0 Å². The summed E-state index contributed by atoms with van der Waals surface area (Å²) in [5.41, 5.74) is 4.18. The highest BCUT2D eigenvalue weighted by molar-refractivity contribution is 6.35. The molecule has 2 aromatic carbocycles. The van der Waals surface area contributed by atoms with Crippen LogP contribution in [0.25, 0.3) is 28.5 Å². The van der Waals surface area contributed by atoms with E-state index in [1.807, 2.05) is 37.3 Å². The second-order valence-corrected chi connectivity index (χ2v) is 8.32. The summed E-state index contributed by atoms with van der Waals surface area (Å²) >= 11 is 18.7. The van der Waals surface area contributed by atoms with E-state index < -0.39 is 0 Å². The van der Waals surface area contributed by atoms with Crippen LogP contribution in [-0.2, 0) is 0 Å². The molecular formula is C21H18Cl3N5. The van der Waals surface area contributed by atoms with Gasteiger partial charge in [-0.2, -0.15) is 10.2 Å². The van der Waals surface area contributed by atoms with Gasteiger partial charge in [-0.1, -0.05) is 60.8 Å². The molecule has 29 heavy (non-hydrogen) atoms. The minimum Gasteiger partial charge on any atom is -0.262 e. The Hall–Kier alpha value is -2.34. The Kier molecular flexibility index (Phi) is 5.38. The monoisotopic (exact) mass is 445 g/mol. The zero-order chi connectivity index (χ0) is 20.7. The van der Waals surface area contributed by atoms with Crippen LogP contribution < -0.4 is 0 Å². The van der Waals surface area contributed by atoms with Crippen LogP contribution in [0.2, 0.25) is 15.1 Å². The lowest BCUT2D eigenvalue weighted by molar-refractivity contribution is 0.781. The Morgan fingerprint density at radius 3 is 2.28 bits per heavy atom. The predicted molar refractivity (Wildman–Crippen MR) is 118 cm³/mol. The Bertz CT molecular complexity index is 1180. The highest BCUT2D eigenvalue weighted by Crippen LogP contribution is 2.35. The maximum atomic E-state index is 6.50. The Labute approximate surface area is 183 Å². The molecule has 0 aliphatic heterocycles. The molecule has 0 saturated heterocycles. The summed E-state index contributed by atoms with van der Waals surface area (Å²) in [6.45, 7) is 6.11. The molecular weight excluding hydrogens is 429 g/mol. The number of benzene rings is 2. The maximum absolute atomic E-state index is 6.50. The number of aromatic amines is 1. The van der Waals surface area contributed by atoms with Gasteiger partial charge in [0.15, 0.2) is 0 Å². The minimum atomic E-state index is 0.236. The molecule has 4 rings (SSSR count). The van der Waals surface area contributed by atoms with Gasteiger partial charge >= 0.3 is 0 Å². The van der Waals surface area contributed by atoms with E-state index in [1.165, 1.54) is 0 Å². The van der Waals surface area contributed by atoms with Gasteiger partial charge in [0.2, 0.25) is 5.82 Å². The number of halogens is 3. The topological polar surface area (TPSA) is 59.4 Å². The van der Waals surface area contributed by atoms with Crippen LogP contribution in [0.1, 0.15) is 31.2 Å². The zero-order valence-corrected chi connectivity index (χ0v) is 18.3. The zero-order valence-electron chi connectivity index (χ0n) is 16.0. The molecule has 0 saturated carbocycles. The molecule has 5 nitrogen and oxygen atoms in total. The van der Waals surface area contributed by atoms with Gasteiger partial charge in [0, 0.05) is 27.1 Å². The minimum absolute atomic E-state index is 0.236. The van der Waals surface area contributed by atoms with Crippen molar-refractivity contribution >= 4 is 34.8 Å². The molecule has 148 valence electrons. The Morgan fingerprint density at radius 1 is 0.966 bits per heavy atom. The van der Waals surface area contributed by atoms with E-state index in [1.54, 1.807) is 16.8 Å². The van der Waals surface area contributed by atoms with Gasteiger partial charge in [-0.15, -0.1) is 0 Å². The average molecular weight is 447 g/mol. The molecule has 1 N–H and O–H groups in total. The summed E-state index contributed by atoms with van der Waals surface area (Å²) in [4.78, 5) is 4.62. The first-order valence-electron chi connectivity index (χ1n) is 9.08. The SMILES string of the molecule is Cc1c(-c2n[nH]c(C(C)C)n2)nn(-c2ccc(Cl)cc2Cl)c1-c1ccc(Cl)cc1. The molecule has 0 aliphatic rings. The van der Waals surface area contributed by atoms with Gasteiger partial charge in [0.1, 0.15) is 11.5 Å². The maximum Gasteiger partial charge on any atom is 0.201 e. The molecule has 0 amide bonds. The van der Waals surface area contributed by atoms with Gasteiger partial charge in [-0.05, 0) is 37.3 Å². The van der Waals surface area contributed by atoms with Crippen LogP contribution in [0, 0.1) is 6.92 Å². The molecule has 4 aromatic rings.